The highest BCUT2D eigenvalue weighted by atomic mass is 19.1. The molecule has 0 heterocycles. The second kappa shape index (κ2) is 8.44. The summed E-state index contributed by atoms with van der Waals surface area (Å²) < 4.78 is 13.3. The number of aliphatic hydroxyl groups is 1. The Labute approximate surface area is 136 Å². The second-order valence-electron chi connectivity index (χ2n) is 5.70. The zero-order chi connectivity index (χ0) is 16.7. The van der Waals surface area contributed by atoms with E-state index < -0.39 is 5.82 Å². The van der Waals surface area contributed by atoms with E-state index in [9.17, 15) is 9.18 Å². The van der Waals surface area contributed by atoms with Crippen LogP contribution >= 0.6 is 0 Å². The van der Waals surface area contributed by atoms with E-state index in [1.807, 2.05) is 0 Å². The summed E-state index contributed by atoms with van der Waals surface area (Å²) in [6, 6.07) is 12.8. The van der Waals surface area contributed by atoms with Crippen molar-refractivity contribution >= 4 is 5.91 Å². The number of carbonyl (C=O) groups is 1. The molecule has 4 heteroatoms. The third kappa shape index (κ3) is 5.49. The van der Waals surface area contributed by atoms with Gasteiger partial charge in [0.25, 0.3) is 0 Å². The molecule has 0 fully saturated rings. The Balaban J connectivity index is 1.73. The van der Waals surface area contributed by atoms with E-state index in [0.717, 1.165) is 18.4 Å². The highest BCUT2D eigenvalue weighted by Crippen LogP contribution is 2.11. The van der Waals surface area contributed by atoms with Crippen molar-refractivity contribution in [3.63, 3.8) is 0 Å². The topological polar surface area (TPSA) is 49.3 Å². The van der Waals surface area contributed by atoms with Crippen LogP contribution in [0.5, 0.6) is 0 Å². The predicted molar refractivity (Wildman–Crippen MR) is 88.3 cm³/mol. The van der Waals surface area contributed by atoms with Crippen molar-refractivity contribution in [2.24, 2.45) is 0 Å². The summed E-state index contributed by atoms with van der Waals surface area (Å²) in [6.45, 7) is 2.05. The number of aryl methyl sites for hydroxylation is 2. The van der Waals surface area contributed by atoms with Gasteiger partial charge in [-0.05, 0) is 43.0 Å². The van der Waals surface area contributed by atoms with Gasteiger partial charge in [0.1, 0.15) is 5.82 Å². The minimum atomic E-state index is -0.430. The van der Waals surface area contributed by atoms with Gasteiger partial charge in [0.05, 0.1) is 6.61 Å². The number of nitrogens with one attached hydrogen (secondary N) is 1. The highest BCUT2D eigenvalue weighted by molar-refractivity contribution is 5.75. The smallest absolute Gasteiger partial charge is 0.220 e. The van der Waals surface area contributed by atoms with E-state index in [-0.39, 0.29) is 18.1 Å². The van der Waals surface area contributed by atoms with Gasteiger partial charge in [0.15, 0.2) is 0 Å². The van der Waals surface area contributed by atoms with Crippen LogP contribution in [0.4, 0.5) is 4.39 Å². The molecule has 0 unspecified atom stereocenters. The molecule has 0 aliphatic heterocycles. The quantitative estimate of drug-likeness (QED) is 0.824. The van der Waals surface area contributed by atoms with Crippen LogP contribution < -0.4 is 5.32 Å². The molecule has 3 nitrogen and oxygen atoms in total. The number of amides is 1. The second-order valence-corrected chi connectivity index (χ2v) is 5.70. The summed E-state index contributed by atoms with van der Waals surface area (Å²) in [5.41, 5.74) is 3.49. The summed E-state index contributed by atoms with van der Waals surface area (Å²) in [6.07, 6.45) is 2.13. The first-order valence-corrected chi connectivity index (χ1v) is 7.79. The van der Waals surface area contributed by atoms with Gasteiger partial charge in [-0.3, -0.25) is 4.79 Å². The van der Waals surface area contributed by atoms with Crippen LogP contribution in [0.3, 0.4) is 0 Å². The summed E-state index contributed by atoms with van der Waals surface area (Å²) >= 11 is 0. The largest absolute Gasteiger partial charge is 0.392 e. The first kappa shape index (κ1) is 17.2. The molecule has 122 valence electrons. The molecule has 0 atom stereocenters. The molecule has 2 rings (SSSR count). The molecule has 23 heavy (non-hydrogen) atoms. The number of hydrogen-bond donors (Lipinski definition) is 2. The zero-order valence-electron chi connectivity index (χ0n) is 13.3. The molecule has 0 aliphatic carbocycles. The minimum absolute atomic E-state index is 0.0213. The molecule has 0 spiro atoms. The lowest BCUT2D eigenvalue weighted by Crippen LogP contribution is -2.22. The van der Waals surface area contributed by atoms with Crippen molar-refractivity contribution < 1.29 is 14.3 Å². The highest BCUT2D eigenvalue weighted by Gasteiger charge is 2.05. The van der Waals surface area contributed by atoms with Gasteiger partial charge in [0.2, 0.25) is 5.91 Å². The average molecular weight is 315 g/mol. The molecule has 0 aliphatic rings. The van der Waals surface area contributed by atoms with Gasteiger partial charge in [-0.25, -0.2) is 4.39 Å². The minimum Gasteiger partial charge on any atom is -0.392 e. The van der Waals surface area contributed by atoms with Gasteiger partial charge in [0, 0.05) is 18.5 Å². The number of benzene rings is 2. The Morgan fingerprint density at radius 1 is 1.13 bits per heavy atom. The number of aliphatic hydroxyl groups excluding tert-OH is 1. The molecule has 0 saturated carbocycles. The standard InChI is InChI=1S/C19H22FNO2/c1-14-5-7-15(8-6-14)3-2-4-19(23)21-12-16-9-10-18(20)17(11-16)13-22/h5-11,22H,2-4,12-13H2,1H3,(H,21,23). The van der Waals surface area contributed by atoms with Crippen molar-refractivity contribution in [1.29, 1.82) is 0 Å². The lowest BCUT2D eigenvalue weighted by molar-refractivity contribution is -0.121. The van der Waals surface area contributed by atoms with Crippen molar-refractivity contribution in [3.05, 3.63) is 70.5 Å². The summed E-state index contributed by atoms with van der Waals surface area (Å²) in [4.78, 5) is 11.8. The zero-order valence-corrected chi connectivity index (χ0v) is 13.3. The SMILES string of the molecule is Cc1ccc(CCCC(=O)NCc2ccc(F)c(CO)c2)cc1. The van der Waals surface area contributed by atoms with E-state index in [4.69, 9.17) is 5.11 Å². The molecule has 1 amide bonds. The molecule has 2 aromatic carbocycles. The Kier molecular flexibility index (Phi) is 6.29. The Hall–Kier alpha value is -2.20. The predicted octanol–water partition coefficient (Wildman–Crippen LogP) is 3.27. The third-order valence-corrected chi connectivity index (χ3v) is 3.76. The van der Waals surface area contributed by atoms with Crippen molar-refractivity contribution in [1.82, 2.24) is 5.32 Å². The van der Waals surface area contributed by atoms with Crippen LogP contribution in [0.25, 0.3) is 0 Å². The number of halogens is 1. The molecule has 2 N–H and O–H groups in total. The Morgan fingerprint density at radius 2 is 1.83 bits per heavy atom. The molecular formula is C19H22FNO2. The van der Waals surface area contributed by atoms with Gasteiger partial charge < -0.3 is 10.4 Å². The summed E-state index contributed by atoms with van der Waals surface area (Å²) in [5.74, 6) is -0.451. The van der Waals surface area contributed by atoms with Crippen LogP contribution in [-0.2, 0) is 24.4 Å². The lowest BCUT2D eigenvalue weighted by atomic mass is 10.1. The molecule has 0 radical (unpaired) electrons. The normalized spacial score (nSPS) is 10.6. The molecular weight excluding hydrogens is 293 g/mol. The third-order valence-electron chi connectivity index (χ3n) is 3.76. The molecule has 0 bridgehead atoms. The maximum Gasteiger partial charge on any atom is 0.220 e. The van der Waals surface area contributed by atoms with E-state index in [1.54, 1.807) is 12.1 Å². The maximum absolute atomic E-state index is 13.3. The van der Waals surface area contributed by atoms with Crippen molar-refractivity contribution in [3.8, 4) is 0 Å². The van der Waals surface area contributed by atoms with Crippen molar-refractivity contribution in [2.45, 2.75) is 39.3 Å². The van der Waals surface area contributed by atoms with Crippen LogP contribution in [0.15, 0.2) is 42.5 Å². The van der Waals surface area contributed by atoms with E-state index in [1.165, 1.54) is 17.2 Å². The first-order valence-electron chi connectivity index (χ1n) is 7.79. The van der Waals surface area contributed by atoms with Gasteiger partial charge >= 0.3 is 0 Å². The average Bonchev–Trinajstić information content (AvgIpc) is 2.56. The fourth-order valence-electron chi connectivity index (χ4n) is 2.36. The lowest BCUT2D eigenvalue weighted by Gasteiger charge is -2.07. The molecule has 0 saturated heterocycles. The van der Waals surface area contributed by atoms with Gasteiger partial charge in [-0.1, -0.05) is 35.9 Å². The first-order chi connectivity index (χ1) is 11.1. The van der Waals surface area contributed by atoms with E-state index in [0.29, 0.717) is 13.0 Å². The molecule has 0 aromatic heterocycles. The fourth-order valence-corrected chi connectivity index (χ4v) is 2.36. The number of carbonyl (C=O) groups excluding carboxylic acids is 1. The number of rotatable bonds is 7. The maximum atomic E-state index is 13.3. The molecule has 2 aromatic rings. The Bertz CT molecular complexity index is 653. The van der Waals surface area contributed by atoms with E-state index in [2.05, 4.69) is 36.5 Å². The van der Waals surface area contributed by atoms with Crippen LogP contribution in [0, 0.1) is 12.7 Å². The number of hydrogen-bond acceptors (Lipinski definition) is 2. The van der Waals surface area contributed by atoms with Crippen molar-refractivity contribution in [2.75, 3.05) is 0 Å². The van der Waals surface area contributed by atoms with Gasteiger partial charge in [-0.15, -0.1) is 0 Å². The summed E-state index contributed by atoms with van der Waals surface area (Å²) in [7, 11) is 0. The van der Waals surface area contributed by atoms with Crippen LogP contribution in [0.1, 0.15) is 35.1 Å². The van der Waals surface area contributed by atoms with E-state index >= 15 is 0 Å². The van der Waals surface area contributed by atoms with Gasteiger partial charge in [-0.2, -0.15) is 0 Å². The monoisotopic (exact) mass is 315 g/mol. The van der Waals surface area contributed by atoms with Crippen LogP contribution in [-0.4, -0.2) is 11.0 Å². The van der Waals surface area contributed by atoms with Crippen LogP contribution in [0.2, 0.25) is 0 Å². The Morgan fingerprint density at radius 3 is 2.52 bits per heavy atom. The fraction of sp³-hybridized carbons (Fsp3) is 0.316. The summed E-state index contributed by atoms with van der Waals surface area (Å²) in [5, 5.41) is 11.9.